The number of hydrogen-bond acceptors (Lipinski definition) is 3. The second-order valence-corrected chi connectivity index (χ2v) is 18.2. The van der Waals surface area contributed by atoms with Crippen molar-refractivity contribution in [1.82, 2.24) is 14.5 Å². The summed E-state index contributed by atoms with van der Waals surface area (Å²) in [6, 6.07) is 61.0. The topological polar surface area (TPSA) is 30.7 Å². The molecule has 4 heterocycles. The van der Waals surface area contributed by atoms with E-state index in [2.05, 4.69) is 131 Å². The summed E-state index contributed by atoms with van der Waals surface area (Å²) in [5.74, 6) is 0. The molecule has 10 rings (SSSR count). The Hall–Kier alpha value is -6.08. The van der Waals surface area contributed by atoms with Gasteiger partial charge in [-0.1, -0.05) is 145 Å². The standard InChI is InChI=1S/C47H32FN3SSi/c48-45(33-16-13-15-32(29-33)39-24-11-12-28-49-39)34-17-14-18-35(30-34)51-40-25-8-7-23-38(40)44-46-42(31-50-47(44)51)52-41-26-9-10-27-43(41)53(46,36-19-3-1-4-20-36)37-21-5-2-6-22-37/h1-31,45H. The maximum absolute atomic E-state index is 16.6. The van der Waals surface area contributed by atoms with Gasteiger partial charge >= 0.3 is 0 Å². The van der Waals surface area contributed by atoms with Crippen LogP contribution in [0.25, 0.3) is 38.9 Å². The van der Waals surface area contributed by atoms with E-state index in [1.165, 1.54) is 30.5 Å². The minimum atomic E-state index is -2.89. The first-order valence-corrected chi connectivity index (χ1v) is 20.6. The first kappa shape index (κ1) is 31.6. The number of rotatable bonds is 6. The number of aromatic nitrogens is 3. The molecule has 0 aliphatic carbocycles. The highest BCUT2D eigenvalue weighted by atomic mass is 32.2. The van der Waals surface area contributed by atoms with Crippen LogP contribution in [0.1, 0.15) is 17.3 Å². The largest absolute Gasteiger partial charge is 0.294 e. The number of nitrogens with zero attached hydrogens (tertiary/aromatic N) is 3. The molecular formula is C47H32FN3SSi. The normalized spacial score (nSPS) is 13.8. The quantitative estimate of drug-likeness (QED) is 0.161. The van der Waals surface area contributed by atoms with E-state index in [1.807, 2.05) is 72.4 Å². The minimum Gasteiger partial charge on any atom is -0.294 e. The minimum absolute atomic E-state index is 0.589. The molecule has 6 heteroatoms. The van der Waals surface area contributed by atoms with Gasteiger partial charge in [0.15, 0.2) is 14.2 Å². The van der Waals surface area contributed by atoms with Gasteiger partial charge in [-0.05, 0) is 74.3 Å². The van der Waals surface area contributed by atoms with Crippen LogP contribution >= 0.6 is 11.8 Å². The number of alkyl halides is 1. The van der Waals surface area contributed by atoms with E-state index in [9.17, 15) is 0 Å². The molecule has 0 saturated heterocycles. The Bertz CT molecular complexity index is 2750. The Morgan fingerprint density at radius 2 is 1.26 bits per heavy atom. The van der Waals surface area contributed by atoms with Gasteiger partial charge < -0.3 is 0 Å². The van der Waals surface area contributed by atoms with Crippen molar-refractivity contribution in [2.24, 2.45) is 0 Å². The highest BCUT2D eigenvalue weighted by Gasteiger charge is 2.48. The second kappa shape index (κ2) is 12.8. The zero-order chi connectivity index (χ0) is 35.4. The average Bonchev–Trinajstić information content (AvgIpc) is 3.58. The molecule has 1 aliphatic rings. The number of para-hydroxylation sites is 1. The van der Waals surface area contributed by atoms with Gasteiger partial charge in [-0.25, -0.2) is 9.37 Å². The maximum Gasteiger partial charge on any atom is 0.182 e. The van der Waals surface area contributed by atoms with Gasteiger partial charge in [-0.2, -0.15) is 0 Å². The van der Waals surface area contributed by atoms with Gasteiger partial charge in [0.05, 0.1) is 11.2 Å². The number of fused-ring (bicyclic) bond motifs is 6. The predicted octanol–water partition coefficient (Wildman–Crippen LogP) is 9.14. The fraction of sp³-hybridized carbons (Fsp3) is 0.0213. The lowest BCUT2D eigenvalue weighted by atomic mass is 9.99. The fourth-order valence-electron chi connectivity index (χ4n) is 8.28. The van der Waals surface area contributed by atoms with Gasteiger partial charge in [-0.3, -0.25) is 9.55 Å². The number of benzene rings is 6. The van der Waals surface area contributed by atoms with Crippen LogP contribution in [0.4, 0.5) is 4.39 Å². The summed E-state index contributed by atoms with van der Waals surface area (Å²) in [6.07, 6.45) is 2.52. The summed E-state index contributed by atoms with van der Waals surface area (Å²) in [7, 11) is -2.89. The van der Waals surface area contributed by atoms with E-state index in [-0.39, 0.29) is 0 Å². The molecular weight excluding hydrogens is 686 g/mol. The van der Waals surface area contributed by atoms with Crippen LogP contribution in [0.3, 0.4) is 0 Å². The van der Waals surface area contributed by atoms with E-state index in [1.54, 1.807) is 6.20 Å². The van der Waals surface area contributed by atoms with Gasteiger partial charge in [0.25, 0.3) is 0 Å². The summed E-state index contributed by atoms with van der Waals surface area (Å²) >= 11 is 1.81. The lowest BCUT2D eigenvalue weighted by molar-refractivity contribution is 0.402. The second-order valence-electron chi connectivity index (χ2n) is 13.4. The third-order valence-electron chi connectivity index (χ3n) is 10.5. The molecule has 1 unspecified atom stereocenters. The van der Waals surface area contributed by atoms with Crippen molar-refractivity contribution in [3.8, 4) is 16.9 Å². The van der Waals surface area contributed by atoms with Crippen LogP contribution in [0.15, 0.2) is 198 Å². The van der Waals surface area contributed by atoms with Crippen LogP contribution in [0.2, 0.25) is 0 Å². The molecule has 0 N–H and O–H groups in total. The van der Waals surface area contributed by atoms with E-state index >= 15 is 4.39 Å². The van der Waals surface area contributed by atoms with Crippen LogP contribution in [0.5, 0.6) is 0 Å². The summed E-state index contributed by atoms with van der Waals surface area (Å²) in [6.45, 7) is 0. The van der Waals surface area contributed by atoms with E-state index in [4.69, 9.17) is 4.98 Å². The van der Waals surface area contributed by atoms with Crippen molar-refractivity contribution >= 4 is 62.5 Å². The molecule has 53 heavy (non-hydrogen) atoms. The van der Waals surface area contributed by atoms with Gasteiger partial charge in [0.1, 0.15) is 5.65 Å². The maximum atomic E-state index is 16.6. The van der Waals surface area contributed by atoms with E-state index in [0.29, 0.717) is 11.1 Å². The van der Waals surface area contributed by atoms with Crippen LogP contribution in [-0.4, -0.2) is 22.6 Å². The molecule has 3 nitrogen and oxygen atoms in total. The lowest BCUT2D eigenvalue weighted by Crippen LogP contribution is -2.76. The van der Waals surface area contributed by atoms with Crippen molar-refractivity contribution in [2.75, 3.05) is 0 Å². The Morgan fingerprint density at radius 1 is 0.585 bits per heavy atom. The molecule has 0 spiro atoms. The van der Waals surface area contributed by atoms with Gasteiger partial charge in [-0.15, -0.1) is 0 Å². The molecule has 6 aromatic carbocycles. The molecule has 0 bridgehead atoms. The van der Waals surface area contributed by atoms with Crippen LogP contribution < -0.4 is 20.7 Å². The Labute approximate surface area is 312 Å². The molecule has 0 amide bonds. The number of pyridine rings is 2. The number of halogens is 1. The fourth-order valence-corrected chi connectivity index (χ4v) is 15.4. The van der Waals surface area contributed by atoms with Gasteiger partial charge in [0, 0.05) is 44.2 Å². The molecule has 0 radical (unpaired) electrons. The molecule has 9 aromatic rings. The van der Waals surface area contributed by atoms with Crippen molar-refractivity contribution in [2.45, 2.75) is 16.0 Å². The van der Waals surface area contributed by atoms with Crippen molar-refractivity contribution in [3.05, 3.63) is 199 Å². The molecule has 252 valence electrons. The van der Waals surface area contributed by atoms with Gasteiger partial charge in [0.2, 0.25) is 0 Å². The van der Waals surface area contributed by atoms with Crippen LogP contribution in [-0.2, 0) is 0 Å². The molecule has 1 aliphatic heterocycles. The summed E-state index contributed by atoms with van der Waals surface area (Å²) < 4.78 is 18.8. The SMILES string of the molecule is FC(c1cccc(-c2ccccn2)c1)c1cccc(-n2c3ccccc3c3c4c(cnc32)Sc2ccccc2[Si]4(c2ccccc2)c2ccccc2)c1. The predicted molar refractivity (Wildman–Crippen MR) is 219 cm³/mol. The average molecular weight is 718 g/mol. The smallest absolute Gasteiger partial charge is 0.182 e. The Morgan fingerprint density at radius 3 is 2.04 bits per heavy atom. The monoisotopic (exact) mass is 717 g/mol. The Kier molecular flexibility index (Phi) is 7.67. The van der Waals surface area contributed by atoms with E-state index < -0.39 is 14.2 Å². The lowest BCUT2D eigenvalue weighted by Gasteiger charge is -2.40. The number of hydrogen-bond donors (Lipinski definition) is 0. The van der Waals surface area contributed by atoms with Crippen molar-refractivity contribution in [3.63, 3.8) is 0 Å². The highest BCUT2D eigenvalue weighted by Crippen LogP contribution is 2.39. The third-order valence-corrected chi connectivity index (χ3v) is 16.9. The zero-order valence-electron chi connectivity index (χ0n) is 28.6. The third kappa shape index (κ3) is 5.01. The first-order chi connectivity index (χ1) is 26.2. The highest BCUT2D eigenvalue weighted by molar-refractivity contribution is 8.00. The summed E-state index contributed by atoms with van der Waals surface area (Å²) in [5.41, 5.74) is 5.69. The van der Waals surface area contributed by atoms with Crippen molar-refractivity contribution < 1.29 is 4.39 Å². The van der Waals surface area contributed by atoms with Crippen molar-refractivity contribution in [1.29, 1.82) is 0 Å². The Balaban J connectivity index is 1.22. The zero-order valence-corrected chi connectivity index (χ0v) is 30.4. The molecule has 3 aromatic heterocycles. The molecule has 0 fully saturated rings. The molecule has 1 atom stereocenters. The van der Waals surface area contributed by atoms with Crippen LogP contribution in [0, 0.1) is 0 Å². The summed E-state index contributed by atoms with van der Waals surface area (Å²) in [4.78, 5) is 12.2. The molecule has 0 saturated carbocycles. The summed E-state index contributed by atoms with van der Waals surface area (Å²) in [5, 5.41) is 7.70. The first-order valence-electron chi connectivity index (χ1n) is 17.8. The van der Waals surface area contributed by atoms with E-state index in [0.717, 1.165) is 38.9 Å².